The number of unbranched alkanes of at least 4 members (excludes halogenated alkanes) is 7. The summed E-state index contributed by atoms with van der Waals surface area (Å²) in [7, 11) is 2.26. The molecule has 0 aliphatic heterocycles. The van der Waals surface area contributed by atoms with Gasteiger partial charge in [-0.3, -0.25) is 0 Å². The van der Waals surface area contributed by atoms with E-state index in [2.05, 4.69) is 142 Å². The van der Waals surface area contributed by atoms with Crippen LogP contribution in [-0.4, -0.2) is 38.1 Å². The van der Waals surface area contributed by atoms with Gasteiger partial charge in [0.25, 0.3) is 0 Å². The van der Waals surface area contributed by atoms with Gasteiger partial charge in [0.1, 0.15) is 0 Å². The second kappa shape index (κ2) is 35.1. The van der Waals surface area contributed by atoms with Crippen LogP contribution in [0.15, 0.2) is 0 Å². The molecule has 0 unspecified atom stereocenters. The molecule has 0 amide bonds. The predicted molar refractivity (Wildman–Crippen MR) is 257 cm³/mol. The average molecular weight is 760 g/mol. The van der Waals surface area contributed by atoms with Gasteiger partial charge in [0, 0.05) is 0 Å². The summed E-state index contributed by atoms with van der Waals surface area (Å²) in [4.78, 5) is 2.48. The van der Waals surface area contributed by atoms with Crippen LogP contribution < -0.4 is 5.32 Å². The minimum Gasteiger partial charge on any atom is -0.317 e. The minimum atomic E-state index is 0. The van der Waals surface area contributed by atoms with Crippen molar-refractivity contribution in [2.24, 2.45) is 32.5 Å². The van der Waals surface area contributed by atoms with Crippen LogP contribution in [0.2, 0.25) is 0 Å². The summed E-state index contributed by atoms with van der Waals surface area (Å²) in [5.74, 6) is 0. The summed E-state index contributed by atoms with van der Waals surface area (Å²) in [6.07, 6.45) is 24.8. The summed E-state index contributed by atoms with van der Waals surface area (Å²) >= 11 is 0. The molecular formula is C51H118N2. The van der Waals surface area contributed by atoms with E-state index in [0.717, 1.165) is 0 Å². The Balaban J connectivity index is -0.000000116. The molecule has 2 heteroatoms. The first-order chi connectivity index (χ1) is 22.0. The molecule has 0 aromatic heterocycles. The predicted octanol–water partition coefficient (Wildman–Crippen LogP) is 18.3. The lowest BCUT2D eigenvalue weighted by molar-refractivity contribution is 0.265. The molecule has 0 radical (unpaired) electrons. The average Bonchev–Trinajstić information content (AvgIpc) is 2.86. The maximum Gasteiger partial charge on any atom is -0.00216 e. The van der Waals surface area contributed by atoms with Gasteiger partial charge >= 0.3 is 0 Å². The lowest BCUT2D eigenvalue weighted by atomic mass is 9.88. The molecule has 0 fully saturated rings. The van der Waals surface area contributed by atoms with Gasteiger partial charge in [0.05, 0.1) is 0 Å². The molecule has 0 aliphatic carbocycles. The Morgan fingerprint density at radius 1 is 0.283 bits per heavy atom. The van der Waals surface area contributed by atoms with Crippen LogP contribution in [0.5, 0.6) is 0 Å². The molecule has 2 nitrogen and oxygen atoms in total. The summed E-state index contributed by atoms with van der Waals surface area (Å²) in [6, 6.07) is 0. The number of rotatable bonds is 21. The van der Waals surface area contributed by atoms with Gasteiger partial charge in [-0.05, 0) is 130 Å². The van der Waals surface area contributed by atoms with Gasteiger partial charge in [-0.1, -0.05) is 206 Å². The van der Waals surface area contributed by atoms with Crippen LogP contribution in [-0.2, 0) is 0 Å². The molecule has 0 rings (SSSR count). The fourth-order valence-electron chi connectivity index (χ4n) is 5.84. The fourth-order valence-corrected chi connectivity index (χ4v) is 5.84. The van der Waals surface area contributed by atoms with E-state index < -0.39 is 0 Å². The van der Waals surface area contributed by atoms with E-state index in [-0.39, 0.29) is 29.7 Å². The number of hydrogen-bond acceptors (Lipinski definition) is 2. The number of nitrogens with zero attached hydrogens (tertiary/aromatic N) is 1. The van der Waals surface area contributed by atoms with Gasteiger partial charge < -0.3 is 10.2 Å². The Morgan fingerprint density at radius 3 is 0.774 bits per heavy atom. The van der Waals surface area contributed by atoms with Crippen molar-refractivity contribution >= 4 is 0 Å². The summed E-state index contributed by atoms with van der Waals surface area (Å²) in [5, 5.41) is 3.57. The minimum absolute atomic E-state index is 0. The lowest BCUT2D eigenvalue weighted by Crippen LogP contribution is -2.23. The third-order valence-corrected chi connectivity index (χ3v) is 9.10. The van der Waals surface area contributed by atoms with Crippen molar-refractivity contribution in [3.63, 3.8) is 0 Å². The molecule has 0 spiro atoms. The van der Waals surface area contributed by atoms with Crippen LogP contribution in [0.1, 0.15) is 270 Å². The third kappa shape index (κ3) is 77.3. The molecule has 0 atom stereocenters. The molecule has 0 saturated carbocycles. The van der Waals surface area contributed by atoms with Crippen molar-refractivity contribution in [3.05, 3.63) is 0 Å². The van der Waals surface area contributed by atoms with E-state index in [4.69, 9.17) is 0 Å². The Morgan fingerprint density at radius 2 is 0.491 bits per heavy atom. The summed E-state index contributed by atoms with van der Waals surface area (Å²) in [6.45, 7) is 46.9. The van der Waals surface area contributed by atoms with Crippen LogP contribution in [0.4, 0.5) is 0 Å². The quantitative estimate of drug-likeness (QED) is 0.117. The van der Waals surface area contributed by atoms with Crippen molar-refractivity contribution in [1.29, 1.82) is 0 Å². The van der Waals surface area contributed by atoms with Crippen molar-refractivity contribution in [1.82, 2.24) is 10.2 Å². The van der Waals surface area contributed by atoms with Crippen molar-refractivity contribution in [3.8, 4) is 0 Å². The van der Waals surface area contributed by atoms with Crippen LogP contribution in [0.3, 0.4) is 0 Å². The smallest absolute Gasteiger partial charge is 0.00216 e. The van der Waals surface area contributed by atoms with E-state index in [0.29, 0.717) is 32.5 Å². The molecule has 0 aromatic rings. The molecule has 1 N–H and O–H groups in total. The highest BCUT2D eigenvalue weighted by molar-refractivity contribution is 4.67. The molecule has 0 aliphatic rings. The lowest BCUT2D eigenvalue weighted by Gasteiger charge is -2.23. The van der Waals surface area contributed by atoms with E-state index in [1.165, 1.54) is 142 Å². The Hall–Kier alpha value is -0.0800. The molecule has 332 valence electrons. The van der Waals surface area contributed by atoms with E-state index in [1.54, 1.807) is 0 Å². The van der Waals surface area contributed by atoms with Crippen LogP contribution in [0, 0.1) is 32.5 Å². The number of hydrogen-bond donors (Lipinski definition) is 1. The van der Waals surface area contributed by atoms with E-state index in [1.807, 2.05) is 0 Å². The van der Waals surface area contributed by atoms with E-state index in [9.17, 15) is 0 Å². The van der Waals surface area contributed by atoms with E-state index >= 15 is 0 Å². The first kappa shape index (κ1) is 67.7. The normalized spacial score (nSPS) is 12.2. The van der Waals surface area contributed by atoms with Gasteiger partial charge in [0.2, 0.25) is 0 Å². The molecule has 0 aromatic carbocycles. The second-order valence-corrected chi connectivity index (χ2v) is 23.2. The van der Waals surface area contributed by atoms with Gasteiger partial charge in [-0.15, -0.1) is 0 Å². The zero-order valence-electron chi connectivity index (χ0n) is 38.5. The molecular weight excluding hydrogens is 641 g/mol. The van der Waals surface area contributed by atoms with Gasteiger partial charge in [0.15, 0.2) is 0 Å². The zero-order valence-corrected chi connectivity index (χ0v) is 38.5. The summed E-state index contributed by atoms with van der Waals surface area (Å²) < 4.78 is 0. The number of nitrogens with one attached hydrogen (secondary N) is 1. The molecule has 53 heavy (non-hydrogen) atoms. The first-order valence-electron chi connectivity index (χ1n) is 21.4. The Labute approximate surface area is 344 Å². The second-order valence-electron chi connectivity index (χ2n) is 23.2. The maximum absolute atomic E-state index is 3.57. The highest BCUT2D eigenvalue weighted by Gasteiger charge is 2.13. The SMILES string of the molecule is C.C.C.C.CC(C)(C)CCCCCCCC(C)(C)C.CC(C)(C)CCCCCCNCCCC(C)(C)C.CN(CCCC(C)(C)C)CCCC(C)(C)C. The van der Waals surface area contributed by atoms with Gasteiger partial charge in [-0.25, -0.2) is 0 Å². The highest BCUT2D eigenvalue weighted by Crippen LogP contribution is 2.26. The highest BCUT2D eigenvalue weighted by atomic mass is 15.1. The summed E-state index contributed by atoms with van der Waals surface area (Å²) in [5.41, 5.74) is 3.06. The standard InChI is InChI=1S/C17H37N.C15H33N.C15H32.4CH4/c1-16(2,3)12-9-7-8-10-14-18-15-11-13-17(4,5)6;1-14(2,3)10-8-12-16(7)13-9-11-15(4,5)6;1-14(2,3)12-10-8-7-9-11-13-15(4,5)6;;;;/h18H,7-15H2,1-6H3;8-13H2,1-7H3;7-13H2,1-6H3;4*1H4. The third-order valence-electron chi connectivity index (χ3n) is 9.10. The topological polar surface area (TPSA) is 15.3 Å². The van der Waals surface area contributed by atoms with Crippen LogP contribution >= 0.6 is 0 Å². The zero-order chi connectivity index (χ0) is 38.8. The fraction of sp³-hybridized carbons (Fsp3) is 1.00. The van der Waals surface area contributed by atoms with Crippen LogP contribution in [0.25, 0.3) is 0 Å². The Kier molecular flexibility index (Phi) is 44.8. The van der Waals surface area contributed by atoms with Gasteiger partial charge in [-0.2, -0.15) is 0 Å². The molecule has 0 saturated heterocycles. The van der Waals surface area contributed by atoms with Crippen molar-refractivity contribution in [2.75, 3.05) is 33.2 Å². The Bertz CT molecular complexity index is 634. The molecule has 0 heterocycles. The first-order valence-corrected chi connectivity index (χ1v) is 21.4. The van der Waals surface area contributed by atoms with Crippen molar-refractivity contribution in [2.45, 2.75) is 270 Å². The molecule has 0 bridgehead atoms. The van der Waals surface area contributed by atoms with Crippen molar-refractivity contribution < 1.29 is 0 Å². The maximum atomic E-state index is 3.57. The largest absolute Gasteiger partial charge is 0.317 e. The monoisotopic (exact) mass is 759 g/mol.